The Bertz CT molecular complexity index is 1070. The molecule has 0 saturated heterocycles. The summed E-state index contributed by atoms with van der Waals surface area (Å²) in [6, 6.07) is 11.3. The highest BCUT2D eigenvalue weighted by Gasteiger charge is 2.14. The van der Waals surface area contributed by atoms with Gasteiger partial charge in [-0.1, -0.05) is 29.5 Å². The molecule has 0 radical (unpaired) electrons. The van der Waals surface area contributed by atoms with Gasteiger partial charge in [0.05, 0.1) is 21.5 Å². The van der Waals surface area contributed by atoms with Crippen LogP contribution < -0.4 is 10.6 Å². The molecule has 0 spiro atoms. The van der Waals surface area contributed by atoms with Gasteiger partial charge in [-0.15, -0.1) is 0 Å². The van der Waals surface area contributed by atoms with E-state index in [1.54, 1.807) is 42.5 Å². The Morgan fingerprint density at radius 1 is 1.15 bits per heavy atom. The van der Waals surface area contributed by atoms with Gasteiger partial charge in [-0.3, -0.25) is 15.4 Å². The molecule has 2 N–H and O–H groups in total. The number of aromatic nitrogens is 1. The number of nitrogens with one attached hydrogen (secondary N) is 2. The van der Waals surface area contributed by atoms with Crippen LogP contribution in [0, 0.1) is 3.57 Å². The van der Waals surface area contributed by atoms with Crippen LogP contribution in [0.5, 0.6) is 0 Å². The molecule has 3 aromatic rings. The molecule has 2 aromatic carbocycles. The predicted octanol–water partition coefficient (Wildman–Crippen LogP) is 2.97. The molecular weight excluding hydrogens is 489 g/mol. The maximum atomic E-state index is 12.1. The molecule has 134 valence electrons. The minimum atomic E-state index is -2.51. The van der Waals surface area contributed by atoms with E-state index in [4.69, 9.17) is 0 Å². The third-order valence-electron chi connectivity index (χ3n) is 3.33. The van der Waals surface area contributed by atoms with Gasteiger partial charge in [0.15, 0.2) is 5.13 Å². The molecule has 0 saturated carbocycles. The molecule has 0 aliphatic heterocycles. The molecule has 1 heterocycles. The number of hydrogen-bond donors (Lipinski definition) is 3. The zero-order valence-electron chi connectivity index (χ0n) is 13.1. The second-order valence-electron chi connectivity index (χ2n) is 5.20. The van der Waals surface area contributed by atoms with Crippen molar-refractivity contribution in [2.45, 2.75) is 5.75 Å². The van der Waals surface area contributed by atoms with Crippen molar-refractivity contribution >= 4 is 71.9 Å². The van der Waals surface area contributed by atoms with E-state index >= 15 is 0 Å². The van der Waals surface area contributed by atoms with E-state index in [9.17, 15) is 18.0 Å². The molecule has 0 fully saturated rings. The Hall–Kier alpha value is -2.05. The van der Waals surface area contributed by atoms with Crippen LogP contribution in [-0.2, 0) is 16.5 Å². The maximum absolute atomic E-state index is 12.1. The SMILES string of the molecule is O=C(NC(=O)c1ccccc1I)Nc1nc2ccc(C[SH](=O)=O)cc2s1. The lowest BCUT2D eigenvalue weighted by atomic mass is 10.2. The second kappa shape index (κ2) is 8.10. The van der Waals surface area contributed by atoms with Crippen molar-refractivity contribution in [3.8, 4) is 0 Å². The Balaban J connectivity index is 1.71. The fourth-order valence-electron chi connectivity index (χ4n) is 2.21. The number of benzene rings is 2. The summed E-state index contributed by atoms with van der Waals surface area (Å²) in [5.74, 6) is -0.550. The molecule has 1 aromatic heterocycles. The molecule has 3 rings (SSSR count). The van der Waals surface area contributed by atoms with Crippen molar-refractivity contribution < 1.29 is 18.0 Å². The van der Waals surface area contributed by atoms with Crippen LogP contribution in [0.25, 0.3) is 10.2 Å². The van der Waals surface area contributed by atoms with Gasteiger partial charge in [-0.25, -0.2) is 18.2 Å². The molecular formula is C16H12IN3O4S2. The summed E-state index contributed by atoms with van der Waals surface area (Å²) >= 11 is 3.22. The van der Waals surface area contributed by atoms with E-state index < -0.39 is 22.6 Å². The van der Waals surface area contributed by atoms with Crippen LogP contribution >= 0.6 is 33.9 Å². The summed E-state index contributed by atoms with van der Waals surface area (Å²) in [6.07, 6.45) is 0. The van der Waals surface area contributed by atoms with Crippen molar-refractivity contribution in [3.05, 3.63) is 57.2 Å². The van der Waals surface area contributed by atoms with Crippen LogP contribution in [0.2, 0.25) is 0 Å². The number of thiol groups is 1. The summed E-state index contributed by atoms with van der Waals surface area (Å²) < 4.78 is 23.1. The van der Waals surface area contributed by atoms with E-state index in [1.165, 1.54) is 11.3 Å². The maximum Gasteiger partial charge on any atom is 0.327 e. The highest BCUT2D eigenvalue weighted by molar-refractivity contribution is 14.1. The van der Waals surface area contributed by atoms with E-state index in [2.05, 4.69) is 15.6 Å². The molecule has 0 aliphatic rings. The first kappa shape index (κ1) is 18.7. The summed E-state index contributed by atoms with van der Waals surface area (Å²) in [7, 11) is -2.51. The fourth-order valence-corrected chi connectivity index (χ4v) is 4.27. The number of thiazole rings is 1. The molecule has 0 bridgehead atoms. The molecule has 0 aliphatic carbocycles. The summed E-state index contributed by atoms with van der Waals surface area (Å²) in [6.45, 7) is 0. The number of anilines is 1. The minimum absolute atomic E-state index is 0.0450. The van der Waals surface area contributed by atoms with Gasteiger partial charge in [0, 0.05) is 3.57 Å². The molecule has 26 heavy (non-hydrogen) atoms. The van der Waals surface area contributed by atoms with E-state index in [0.717, 1.165) is 8.27 Å². The molecule has 0 unspecified atom stereocenters. The second-order valence-corrected chi connectivity index (χ2v) is 8.37. The van der Waals surface area contributed by atoms with Gasteiger partial charge in [0.25, 0.3) is 5.91 Å². The van der Waals surface area contributed by atoms with Gasteiger partial charge < -0.3 is 0 Å². The van der Waals surface area contributed by atoms with Crippen molar-refractivity contribution in [1.82, 2.24) is 10.3 Å². The summed E-state index contributed by atoms with van der Waals surface area (Å²) in [5, 5.41) is 5.10. The van der Waals surface area contributed by atoms with Gasteiger partial charge >= 0.3 is 6.03 Å². The minimum Gasteiger partial charge on any atom is -0.283 e. The number of carbonyl (C=O) groups is 2. The van der Waals surface area contributed by atoms with Gasteiger partial charge in [0.1, 0.15) is 10.7 Å². The van der Waals surface area contributed by atoms with Crippen LogP contribution in [0.3, 0.4) is 0 Å². The van der Waals surface area contributed by atoms with Gasteiger partial charge in [0.2, 0.25) is 0 Å². The monoisotopic (exact) mass is 501 g/mol. The number of urea groups is 1. The summed E-state index contributed by atoms with van der Waals surface area (Å²) in [5.41, 5.74) is 1.70. The first-order valence-electron chi connectivity index (χ1n) is 7.30. The number of halogens is 1. The van der Waals surface area contributed by atoms with Crippen molar-refractivity contribution in [1.29, 1.82) is 0 Å². The zero-order valence-corrected chi connectivity index (χ0v) is 16.9. The molecule has 0 atom stereocenters. The Kier molecular flexibility index (Phi) is 5.84. The third kappa shape index (κ3) is 4.56. The van der Waals surface area contributed by atoms with Crippen molar-refractivity contribution in [2.24, 2.45) is 0 Å². The summed E-state index contributed by atoms with van der Waals surface area (Å²) in [4.78, 5) is 28.4. The largest absolute Gasteiger partial charge is 0.327 e. The number of amides is 3. The van der Waals surface area contributed by atoms with Crippen LogP contribution in [0.15, 0.2) is 42.5 Å². The average Bonchev–Trinajstić information content (AvgIpc) is 2.95. The van der Waals surface area contributed by atoms with Crippen molar-refractivity contribution in [3.63, 3.8) is 0 Å². The lowest BCUT2D eigenvalue weighted by molar-refractivity contribution is 0.0966. The number of imide groups is 1. The highest BCUT2D eigenvalue weighted by Crippen LogP contribution is 2.27. The van der Waals surface area contributed by atoms with Gasteiger partial charge in [-0.2, -0.15) is 0 Å². The van der Waals surface area contributed by atoms with Crippen LogP contribution in [0.4, 0.5) is 9.93 Å². The predicted molar refractivity (Wildman–Crippen MR) is 109 cm³/mol. The third-order valence-corrected chi connectivity index (χ3v) is 5.83. The number of nitrogens with zero attached hydrogens (tertiary/aromatic N) is 1. The van der Waals surface area contributed by atoms with Crippen molar-refractivity contribution in [2.75, 3.05) is 5.32 Å². The standard InChI is InChI=1S/C16H12IN3O4S2/c17-11-4-2-1-3-10(11)14(21)19-15(22)20-16-18-12-6-5-9(8-26(23)24)7-13(12)25-16/h1-7,26H,8H2,(H2,18,19,20,21,22). The number of fused-ring (bicyclic) bond motifs is 1. The quantitative estimate of drug-likeness (QED) is 0.377. The average molecular weight is 501 g/mol. The first-order chi connectivity index (χ1) is 12.4. The normalized spacial score (nSPS) is 10.8. The highest BCUT2D eigenvalue weighted by atomic mass is 127. The Labute approximate surface area is 167 Å². The Morgan fingerprint density at radius 3 is 2.65 bits per heavy atom. The lowest BCUT2D eigenvalue weighted by Crippen LogP contribution is -2.34. The molecule has 7 nitrogen and oxygen atoms in total. The van der Waals surface area contributed by atoms with E-state index in [0.29, 0.717) is 21.8 Å². The first-order valence-corrected chi connectivity index (χ1v) is 10.6. The Morgan fingerprint density at radius 2 is 1.92 bits per heavy atom. The van der Waals surface area contributed by atoms with Gasteiger partial charge in [-0.05, 0) is 52.4 Å². The van der Waals surface area contributed by atoms with E-state index in [1.807, 2.05) is 22.6 Å². The number of carbonyl (C=O) groups excluding carboxylic acids is 2. The molecule has 10 heteroatoms. The smallest absolute Gasteiger partial charge is 0.283 e. The van der Waals surface area contributed by atoms with E-state index in [-0.39, 0.29) is 5.75 Å². The zero-order chi connectivity index (χ0) is 18.7. The van der Waals surface area contributed by atoms with Crippen LogP contribution in [0.1, 0.15) is 15.9 Å². The lowest BCUT2D eigenvalue weighted by Gasteiger charge is -2.05. The molecule has 3 amide bonds. The number of rotatable bonds is 4. The van der Waals surface area contributed by atoms with Crippen LogP contribution in [-0.4, -0.2) is 25.3 Å². The fraction of sp³-hybridized carbons (Fsp3) is 0.0625. The number of hydrogen-bond acceptors (Lipinski definition) is 6. The topological polar surface area (TPSA) is 105 Å².